The first-order valence-corrected chi connectivity index (χ1v) is 38.0. The molecule has 17 heteroatoms. The third-order valence-electron chi connectivity index (χ3n) is 19.5. The normalized spacial score (nSPS) is 17.5. The summed E-state index contributed by atoms with van der Waals surface area (Å²) < 4.78 is 11.5. The lowest BCUT2D eigenvalue weighted by atomic mass is 9.89. The van der Waals surface area contributed by atoms with Gasteiger partial charge in [0.15, 0.2) is 0 Å². The Labute approximate surface area is 644 Å². The summed E-state index contributed by atoms with van der Waals surface area (Å²) >= 11 is 18.6. The summed E-state index contributed by atoms with van der Waals surface area (Å²) in [7, 11) is 1.00. The molecule has 0 bridgehead atoms. The van der Waals surface area contributed by atoms with E-state index >= 15 is 0 Å². The number of likely N-dealkylation sites (tertiary alicyclic amines) is 2. The largest absolute Gasteiger partial charge is 0.444 e. The number of aliphatic hydroxyl groups is 1. The van der Waals surface area contributed by atoms with E-state index in [-0.39, 0.29) is 29.9 Å². The average Bonchev–Trinajstić information content (AvgIpc) is 1.65. The summed E-state index contributed by atoms with van der Waals surface area (Å²) in [6.07, 6.45) is 2.44. The average molecular weight is 1490 g/mol. The molecule has 0 unspecified atom stereocenters. The summed E-state index contributed by atoms with van der Waals surface area (Å²) in [5.74, 6) is 2.36. The number of benzene rings is 9. The van der Waals surface area contributed by atoms with E-state index in [9.17, 15) is 14.9 Å². The van der Waals surface area contributed by atoms with E-state index < -0.39 is 11.2 Å². The minimum atomic E-state index is -0.537. The van der Waals surface area contributed by atoms with E-state index in [0.29, 0.717) is 79.2 Å². The number of nitrogens with two attached hydrogens (primary N) is 2. The van der Waals surface area contributed by atoms with Crippen LogP contribution in [0.15, 0.2) is 237 Å². The van der Waals surface area contributed by atoms with Gasteiger partial charge in [-0.05, 0) is 239 Å². The monoisotopic (exact) mass is 1490 g/mol. The number of halogens is 3. The van der Waals surface area contributed by atoms with Gasteiger partial charge in [-0.15, -0.1) is 0 Å². The maximum absolute atomic E-state index is 13.0. The van der Waals surface area contributed by atoms with E-state index in [0.717, 1.165) is 99.7 Å². The molecule has 3 aliphatic rings. The molecule has 14 nitrogen and oxygen atoms in total. The lowest BCUT2D eigenvalue weighted by Crippen LogP contribution is -2.36. The van der Waals surface area contributed by atoms with Gasteiger partial charge in [0.1, 0.15) is 11.2 Å². The topological polar surface area (TPSA) is 177 Å². The highest BCUT2D eigenvalue weighted by molar-refractivity contribution is 6.31. The first kappa shape index (κ1) is 81.2. The molecule has 3 heterocycles. The third-order valence-corrected chi connectivity index (χ3v) is 20.3. The number of ether oxygens (including phenoxy) is 2. The molecular formula is C89H106Cl3N9O5. The van der Waals surface area contributed by atoms with Crippen LogP contribution in [0.2, 0.25) is 15.1 Å². The van der Waals surface area contributed by atoms with Crippen LogP contribution < -0.4 is 31.5 Å². The number of hydrogen-bond acceptors (Lipinski definition) is 12. The third kappa shape index (κ3) is 25.7. The molecule has 9 aromatic rings. The highest BCUT2D eigenvalue weighted by Gasteiger charge is 2.40. The predicted octanol–water partition coefficient (Wildman–Crippen LogP) is 18.0. The minimum Gasteiger partial charge on any atom is -0.444 e. The van der Waals surface area contributed by atoms with Gasteiger partial charge in [0.25, 0.3) is 0 Å². The van der Waals surface area contributed by atoms with Crippen molar-refractivity contribution in [3.05, 3.63) is 302 Å². The highest BCUT2D eigenvalue weighted by atomic mass is 35.5. The van der Waals surface area contributed by atoms with E-state index in [4.69, 9.17) is 60.9 Å². The number of nitrogens with zero attached hydrogens (tertiary/aromatic N) is 6. The molecule has 106 heavy (non-hydrogen) atoms. The summed E-state index contributed by atoms with van der Waals surface area (Å²) in [5.41, 5.74) is 24.6. The fourth-order valence-corrected chi connectivity index (χ4v) is 14.8. The van der Waals surface area contributed by atoms with Crippen molar-refractivity contribution in [2.24, 2.45) is 47.0 Å². The fourth-order valence-electron chi connectivity index (χ4n) is 14.4. The van der Waals surface area contributed by atoms with Crippen LogP contribution in [0, 0.1) is 46.8 Å². The van der Waals surface area contributed by atoms with Crippen molar-refractivity contribution in [2.75, 3.05) is 80.7 Å². The molecule has 0 aromatic heterocycles. The van der Waals surface area contributed by atoms with Crippen molar-refractivity contribution in [1.29, 1.82) is 5.26 Å². The Morgan fingerprint density at radius 1 is 0.425 bits per heavy atom. The molecule has 0 aliphatic carbocycles. The second-order valence-electron chi connectivity index (χ2n) is 30.0. The molecule has 3 aliphatic heterocycles. The smallest absolute Gasteiger partial charge is 0.410 e. The molecule has 6 N–H and O–H groups in total. The number of hydrogen-bond donors (Lipinski definition) is 4. The first-order valence-electron chi connectivity index (χ1n) is 36.9. The van der Waals surface area contributed by atoms with Gasteiger partial charge in [0, 0.05) is 118 Å². The Kier molecular flexibility index (Phi) is 30.8. The van der Waals surface area contributed by atoms with Gasteiger partial charge in [-0.2, -0.15) is 5.26 Å². The van der Waals surface area contributed by atoms with Gasteiger partial charge < -0.3 is 55.9 Å². The van der Waals surface area contributed by atoms with Crippen LogP contribution >= 0.6 is 34.8 Å². The second-order valence-corrected chi connectivity index (χ2v) is 31.3. The Balaban J connectivity index is 0.000000183. The first-order chi connectivity index (χ1) is 51.1. The van der Waals surface area contributed by atoms with Crippen LogP contribution in [0.5, 0.6) is 0 Å². The standard InChI is InChI=1S/C31H38ClN3O2.C31H34ClN3O2.C26H30ClN3.CH4O/c2*1-31(2,3)37-30(36)35-20-26(17-23-8-5-4-6-9-23)27(22-35)21-34(29-14-12-28(32)13-15-29)19-25-11-7-10-24(16-25)18-33;27-25-9-11-26(12-10-25)30(18-22-8-4-7-21(13-22)15-28)19-24-17-29-16-23(24)14-20-5-2-1-3-6-20;1-2/h4-16,26-27H,17-22,33H2,1-3H3;4-16,26-27H,17,19-22H2,1-3H3;1-13,23-24,29H,14-19,28H2;2H,1H3/t2*26-,27-;23-,24+;/m000./s1. The summed E-state index contributed by atoms with van der Waals surface area (Å²) in [4.78, 5) is 37.0. The molecule has 0 spiro atoms. The van der Waals surface area contributed by atoms with Gasteiger partial charge in [0.2, 0.25) is 0 Å². The van der Waals surface area contributed by atoms with Gasteiger partial charge in [0.05, 0.1) is 11.6 Å². The van der Waals surface area contributed by atoms with Crippen LogP contribution in [-0.4, -0.2) is 104 Å². The molecule has 558 valence electrons. The number of nitriles is 1. The van der Waals surface area contributed by atoms with Crippen molar-refractivity contribution in [1.82, 2.24) is 15.1 Å². The number of carbonyl (C=O) groups excluding carboxylic acids is 2. The Bertz CT molecular complexity index is 4180. The number of anilines is 3. The van der Waals surface area contributed by atoms with Crippen LogP contribution in [0.3, 0.4) is 0 Å². The lowest BCUT2D eigenvalue weighted by Gasteiger charge is -2.30. The zero-order chi connectivity index (χ0) is 75.6. The maximum atomic E-state index is 13.0. The van der Waals surface area contributed by atoms with E-state index in [2.05, 4.69) is 178 Å². The van der Waals surface area contributed by atoms with Crippen LogP contribution in [0.25, 0.3) is 0 Å². The van der Waals surface area contributed by atoms with Crippen LogP contribution in [-0.2, 0) is 61.5 Å². The lowest BCUT2D eigenvalue weighted by molar-refractivity contribution is 0.0274. The summed E-state index contributed by atoms with van der Waals surface area (Å²) in [5, 5.41) is 22.2. The van der Waals surface area contributed by atoms with Gasteiger partial charge in [-0.1, -0.05) is 186 Å². The number of carbonyl (C=O) groups is 2. The molecule has 2 amide bonds. The Morgan fingerprint density at radius 3 is 1.08 bits per heavy atom. The van der Waals surface area contributed by atoms with Crippen molar-refractivity contribution >= 4 is 64.1 Å². The number of nitrogens with one attached hydrogen (secondary N) is 1. The van der Waals surface area contributed by atoms with Crippen molar-refractivity contribution in [3.8, 4) is 6.07 Å². The van der Waals surface area contributed by atoms with Gasteiger partial charge >= 0.3 is 12.2 Å². The number of rotatable bonds is 23. The van der Waals surface area contributed by atoms with Crippen LogP contribution in [0.1, 0.15) is 91.6 Å². The zero-order valence-corrected chi connectivity index (χ0v) is 64.8. The quantitative estimate of drug-likeness (QED) is 0.0477. The molecule has 6 atom stereocenters. The molecule has 0 saturated carbocycles. The zero-order valence-electron chi connectivity index (χ0n) is 62.6. The fraction of sp³-hybridized carbons (Fsp3) is 0.360. The van der Waals surface area contributed by atoms with E-state index in [1.54, 1.807) is 0 Å². The summed E-state index contributed by atoms with van der Waals surface area (Å²) in [6, 6.07) is 82.9. The highest BCUT2D eigenvalue weighted by Crippen LogP contribution is 2.35. The molecule has 12 rings (SSSR count). The Hall–Kier alpha value is -8.88. The number of amides is 2. The van der Waals surface area contributed by atoms with Gasteiger partial charge in [-0.25, -0.2) is 9.59 Å². The van der Waals surface area contributed by atoms with E-state index in [1.807, 2.05) is 136 Å². The number of aliphatic hydroxyl groups excluding tert-OH is 1. The summed E-state index contributed by atoms with van der Waals surface area (Å²) in [6.45, 7) is 22.2. The van der Waals surface area contributed by atoms with E-state index in [1.165, 1.54) is 39.1 Å². The molecular weight excluding hydrogens is 1380 g/mol. The second kappa shape index (κ2) is 40.2. The molecule has 0 radical (unpaired) electrons. The van der Waals surface area contributed by atoms with Gasteiger partial charge in [-0.3, -0.25) is 0 Å². The minimum absolute atomic E-state index is 0.234. The SMILES string of the molecule is CC(C)(C)OC(=O)N1C[C@H](CN(Cc2cccc(C#N)c2)c2ccc(Cl)cc2)[C@@H](Cc2ccccc2)C1.CC(C)(C)OC(=O)N1C[C@H](CN(Cc2cccc(CN)c2)c2ccc(Cl)cc2)[C@@H](Cc2ccccc2)C1.CO.NCc1cccc(CN(C[C@H]2CNC[C@@H]2Cc2ccccc2)c2ccc(Cl)cc2)c1. The maximum Gasteiger partial charge on any atom is 0.410 e. The predicted molar refractivity (Wildman–Crippen MR) is 435 cm³/mol. The Morgan fingerprint density at radius 2 is 0.726 bits per heavy atom. The molecule has 3 saturated heterocycles. The van der Waals surface area contributed by atoms with Crippen molar-refractivity contribution < 1.29 is 24.2 Å². The van der Waals surface area contributed by atoms with Crippen molar-refractivity contribution in [2.45, 2.75) is 105 Å². The van der Waals surface area contributed by atoms with Crippen molar-refractivity contribution in [3.63, 3.8) is 0 Å². The molecule has 9 aromatic carbocycles. The molecule has 3 fully saturated rings. The van der Waals surface area contributed by atoms with Crippen LogP contribution in [0.4, 0.5) is 26.7 Å².